The lowest BCUT2D eigenvalue weighted by molar-refractivity contribution is -0.137. The molecule has 0 aliphatic heterocycles. The number of rotatable bonds is 12. The van der Waals surface area contributed by atoms with Crippen molar-refractivity contribution in [2.75, 3.05) is 13.7 Å². The van der Waals surface area contributed by atoms with E-state index in [1.165, 1.54) is 37.0 Å². The fraction of sp³-hybridized carbons (Fsp3) is 0.240. The molecule has 0 spiro atoms. The molecule has 0 atom stereocenters. The first kappa shape index (κ1) is 30.8. The Morgan fingerprint density at radius 2 is 1.94 bits per heavy atom. The molecule has 2 N–H and O–H groups in total. The van der Waals surface area contributed by atoms with Gasteiger partial charge in [0, 0.05) is 23.1 Å². The van der Waals surface area contributed by atoms with Crippen molar-refractivity contribution in [2.45, 2.75) is 25.9 Å². The fourth-order valence-corrected chi connectivity index (χ4v) is 3.28. The highest BCUT2D eigenvalue weighted by molar-refractivity contribution is 8.17. The quantitative estimate of drug-likeness (QED) is 0.0418. The maximum atomic E-state index is 12.8. The van der Waals surface area contributed by atoms with Gasteiger partial charge in [-0.3, -0.25) is 10.2 Å². The summed E-state index contributed by atoms with van der Waals surface area (Å²) in [5.74, 6) is 0.404. The van der Waals surface area contributed by atoms with Crippen LogP contribution in [0.2, 0.25) is 0 Å². The second-order valence-corrected chi connectivity index (χ2v) is 8.36. The van der Waals surface area contributed by atoms with Crippen LogP contribution in [0.4, 0.5) is 18.0 Å². The molecule has 0 heterocycles. The van der Waals surface area contributed by atoms with Crippen molar-refractivity contribution in [3.8, 4) is 0 Å². The number of unbranched alkanes of at least 4 members (excludes halogenated alkanes) is 1. The summed E-state index contributed by atoms with van der Waals surface area (Å²) in [5, 5.41) is 14.2. The zero-order valence-corrected chi connectivity index (χ0v) is 21.3. The molecular weight excluding hydrogens is 515 g/mol. The molecule has 0 aromatic heterocycles. The molecule has 1 rings (SSSR count). The number of ether oxygens (including phenoxy) is 1. The number of amides is 1. The van der Waals surface area contributed by atoms with E-state index in [0.29, 0.717) is 34.6 Å². The van der Waals surface area contributed by atoms with Gasteiger partial charge in [0.1, 0.15) is 12.4 Å². The van der Waals surface area contributed by atoms with Gasteiger partial charge in [-0.2, -0.15) is 13.2 Å². The summed E-state index contributed by atoms with van der Waals surface area (Å²) < 4.78 is 44.3. The number of nitrogens with zero attached hydrogens (tertiary/aromatic N) is 1. The molecule has 0 fully saturated rings. The van der Waals surface area contributed by atoms with Crippen molar-refractivity contribution < 1.29 is 27.5 Å². The normalized spacial score (nSPS) is 13.2. The Morgan fingerprint density at radius 1 is 1.25 bits per heavy atom. The second kappa shape index (κ2) is 16.4. The number of allylic oxidation sites excluding steroid dienone is 6. The largest absolute Gasteiger partial charge is 0.488 e. The maximum absolute atomic E-state index is 12.8. The summed E-state index contributed by atoms with van der Waals surface area (Å²) in [4.78, 5) is 16.2. The van der Waals surface area contributed by atoms with Gasteiger partial charge in [-0.05, 0) is 49.6 Å². The zero-order valence-electron chi connectivity index (χ0n) is 19.8. The van der Waals surface area contributed by atoms with Crippen LogP contribution in [-0.2, 0) is 15.8 Å². The first-order valence-corrected chi connectivity index (χ1v) is 11.8. The number of alkyl halides is 3. The van der Waals surface area contributed by atoms with Crippen LogP contribution in [0.25, 0.3) is 0 Å². The van der Waals surface area contributed by atoms with Gasteiger partial charge < -0.3 is 10.1 Å². The van der Waals surface area contributed by atoms with Crippen LogP contribution in [0.5, 0.6) is 0 Å². The van der Waals surface area contributed by atoms with Crippen molar-refractivity contribution in [1.29, 1.82) is 5.41 Å². The van der Waals surface area contributed by atoms with Gasteiger partial charge in [0.15, 0.2) is 0 Å². The van der Waals surface area contributed by atoms with E-state index in [-0.39, 0.29) is 11.7 Å². The highest BCUT2D eigenvalue weighted by Gasteiger charge is 2.30. The number of hydrogen-bond donors (Lipinski definition) is 2. The van der Waals surface area contributed by atoms with Crippen LogP contribution in [0, 0.1) is 5.41 Å². The molecule has 0 unspecified atom stereocenters. The molecule has 0 saturated heterocycles. The third kappa shape index (κ3) is 12.5. The monoisotopic (exact) mass is 541 g/mol. The second-order valence-electron chi connectivity index (χ2n) is 6.97. The summed E-state index contributed by atoms with van der Waals surface area (Å²) in [6, 6.07) is 4.44. The molecule has 1 aromatic carbocycles. The van der Waals surface area contributed by atoms with Crippen LogP contribution >= 0.6 is 23.4 Å². The van der Waals surface area contributed by atoms with Gasteiger partial charge in [-0.15, -0.1) is 6.58 Å². The number of carbonyl (C=O) groups excluding carboxylic acids is 1. The Hall–Kier alpha value is -3.24. The number of oxime groups is 1. The van der Waals surface area contributed by atoms with Crippen molar-refractivity contribution in [3.05, 3.63) is 94.1 Å². The third-order valence-electron chi connectivity index (χ3n) is 4.17. The van der Waals surface area contributed by atoms with Crippen LogP contribution in [0.3, 0.4) is 0 Å². The number of nitrogens with one attached hydrogen (secondary N) is 2. The molecule has 0 saturated carbocycles. The van der Waals surface area contributed by atoms with E-state index >= 15 is 0 Å². The van der Waals surface area contributed by atoms with Gasteiger partial charge in [0.05, 0.1) is 16.8 Å². The predicted molar refractivity (Wildman–Crippen MR) is 140 cm³/mol. The molecule has 194 valence electrons. The van der Waals surface area contributed by atoms with Gasteiger partial charge in [-0.25, -0.2) is 4.79 Å². The van der Waals surface area contributed by atoms with Crippen LogP contribution < -0.4 is 5.32 Å². The molecule has 0 radical (unpaired) electrons. The van der Waals surface area contributed by atoms with E-state index in [1.807, 2.05) is 6.08 Å². The van der Waals surface area contributed by atoms with Crippen LogP contribution in [0.1, 0.15) is 30.9 Å². The summed E-state index contributed by atoms with van der Waals surface area (Å²) >= 11 is 6.81. The molecule has 6 nitrogen and oxygen atoms in total. The number of halogens is 4. The molecule has 36 heavy (non-hydrogen) atoms. The van der Waals surface area contributed by atoms with E-state index in [0.717, 1.165) is 23.9 Å². The third-order valence-corrected chi connectivity index (χ3v) is 5.28. The summed E-state index contributed by atoms with van der Waals surface area (Å²) in [6.45, 7) is 5.52. The minimum absolute atomic E-state index is 0.0821. The number of hydrogen-bond acceptors (Lipinski definition) is 6. The highest BCUT2D eigenvalue weighted by Crippen LogP contribution is 2.30. The standard InChI is InChI=1S/C25H27ClF3N3O3S/c1-4-5-6-7-22(36-23(30)19-9-11-20(12-10-19)25(27,28)29)17-34-21(14-15-26)13-8-18(2)16-32-35-24(33)31-3/h4,7-16,30H,1,5-6,17H2,2-3H3,(H,31,33)/b15-14+,18-8+,21-13+,22-7+,30-23?,32-16+. The van der Waals surface area contributed by atoms with Crippen molar-refractivity contribution >= 4 is 40.7 Å². The first-order valence-electron chi connectivity index (χ1n) is 10.5. The lowest BCUT2D eigenvalue weighted by Crippen LogP contribution is -2.16. The average Bonchev–Trinajstić information content (AvgIpc) is 2.84. The highest BCUT2D eigenvalue weighted by atomic mass is 35.5. The van der Waals surface area contributed by atoms with E-state index < -0.39 is 17.8 Å². The average molecular weight is 542 g/mol. The summed E-state index contributed by atoms with van der Waals surface area (Å²) in [7, 11) is 1.41. The van der Waals surface area contributed by atoms with Crippen molar-refractivity contribution in [2.24, 2.45) is 5.16 Å². The topological polar surface area (TPSA) is 83.8 Å². The van der Waals surface area contributed by atoms with E-state index in [1.54, 1.807) is 25.2 Å². The van der Waals surface area contributed by atoms with Crippen molar-refractivity contribution in [3.63, 3.8) is 0 Å². The number of carbonyl (C=O) groups is 1. The molecule has 0 aliphatic carbocycles. The van der Waals surface area contributed by atoms with Gasteiger partial charge >= 0.3 is 12.3 Å². The Morgan fingerprint density at radius 3 is 2.53 bits per heavy atom. The van der Waals surface area contributed by atoms with E-state index in [9.17, 15) is 18.0 Å². The molecule has 0 aliphatic rings. The van der Waals surface area contributed by atoms with Gasteiger partial charge in [-0.1, -0.05) is 58.9 Å². The minimum atomic E-state index is -4.44. The van der Waals surface area contributed by atoms with Crippen LogP contribution in [-0.4, -0.2) is 31.0 Å². The smallest absolute Gasteiger partial charge is 0.433 e. The molecular formula is C25H27ClF3N3O3S. The lowest BCUT2D eigenvalue weighted by atomic mass is 10.1. The van der Waals surface area contributed by atoms with Crippen molar-refractivity contribution in [1.82, 2.24) is 5.32 Å². The zero-order chi connectivity index (χ0) is 27.0. The summed E-state index contributed by atoms with van der Waals surface area (Å²) in [6.07, 6.45) is 6.04. The Balaban J connectivity index is 2.94. The number of thioether (sulfide) groups is 1. The fourth-order valence-electron chi connectivity index (χ4n) is 2.32. The summed E-state index contributed by atoms with van der Waals surface area (Å²) in [5.41, 5.74) is 1.51. The lowest BCUT2D eigenvalue weighted by Gasteiger charge is -2.12. The van der Waals surface area contributed by atoms with E-state index in [4.69, 9.17) is 21.7 Å². The molecule has 1 amide bonds. The van der Waals surface area contributed by atoms with Gasteiger partial charge in [0.2, 0.25) is 0 Å². The van der Waals surface area contributed by atoms with E-state index in [2.05, 4.69) is 21.9 Å². The SMILES string of the molecule is C=CCC/C=C(\COC(/C=C/Cl)=C/C=C(C)/C=N/OC(=O)NC)SC(=N)c1ccc(C(F)(F)F)cc1. The molecule has 1 aromatic rings. The molecule has 0 bridgehead atoms. The predicted octanol–water partition coefficient (Wildman–Crippen LogP) is 7.56. The maximum Gasteiger partial charge on any atom is 0.433 e. The molecule has 11 heteroatoms. The number of benzene rings is 1. The Labute approximate surface area is 217 Å². The van der Waals surface area contributed by atoms with Gasteiger partial charge in [0.25, 0.3) is 0 Å². The Bertz CT molecular complexity index is 1050. The minimum Gasteiger partial charge on any atom is -0.488 e. The van der Waals surface area contributed by atoms with Crippen LogP contribution in [0.15, 0.2) is 88.2 Å². The first-order chi connectivity index (χ1) is 17.1. The Kier molecular flexibility index (Phi) is 14.1.